The number of carbonyl (C=O) groups is 2. The molecule has 0 fully saturated rings. The summed E-state index contributed by atoms with van der Waals surface area (Å²) in [5, 5.41) is 2.92. The van der Waals surface area contributed by atoms with Crippen LogP contribution in [0.1, 0.15) is 43.9 Å². The third kappa shape index (κ3) is 7.71. The van der Waals surface area contributed by atoms with Gasteiger partial charge in [0.05, 0.1) is 19.1 Å². The molecule has 0 unspecified atom stereocenters. The number of anilines is 1. The van der Waals surface area contributed by atoms with Gasteiger partial charge >= 0.3 is 0 Å². The Balaban J connectivity index is 2.44. The van der Waals surface area contributed by atoms with Crippen molar-refractivity contribution in [2.75, 3.05) is 24.2 Å². The van der Waals surface area contributed by atoms with E-state index in [9.17, 15) is 18.0 Å². The van der Waals surface area contributed by atoms with Crippen LogP contribution in [0.3, 0.4) is 0 Å². The highest BCUT2D eigenvalue weighted by molar-refractivity contribution is 7.92. The number of ether oxygens (including phenoxy) is 1. The van der Waals surface area contributed by atoms with Crippen molar-refractivity contribution in [2.24, 2.45) is 0 Å². The number of carbonyl (C=O) groups excluding carboxylic acids is 2. The first kappa shape index (κ1) is 28.2. The number of hydrogen-bond acceptors (Lipinski definition) is 5. The Labute approximate surface area is 209 Å². The molecular weight excluding hydrogens is 466 g/mol. The molecule has 0 aliphatic heterocycles. The summed E-state index contributed by atoms with van der Waals surface area (Å²) in [5.41, 5.74) is 2.81. The van der Waals surface area contributed by atoms with E-state index in [1.807, 2.05) is 39.0 Å². The summed E-state index contributed by atoms with van der Waals surface area (Å²) in [7, 11) is -2.22. The monoisotopic (exact) mass is 503 g/mol. The topological polar surface area (TPSA) is 96.0 Å². The van der Waals surface area contributed by atoms with E-state index in [1.165, 1.54) is 4.90 Å². The van der Waals surface area contributed by atoms with Crippen LogP contribution in [0, 0.1) is 13.8 Å². The van der Waals surface area contributed by atoms with Gasteiger partial charge in [-0.1, -0.05) is 31.2 Å². The van der Waals surface area contributed by atoms with Crippen LogP contribution in [0.4, 0.5) is 5.69 Å². The summed E-state index contributed by atoms with van der Waals surface area (Å²) in [6, 6.07) is 11.8. The van der Waals surface area contributed by atoms with Crippen LogP contribution < -0.4 is 14.4 Å². The average molecular weight is 504 g/mol. The van der Waals surface area contributed by atoms with Gasteiger partial charge in [-0.25, -0.2) is 8.42 Å². The molecule has 1 N–H and O–H groups in total. The molecule has 0 saturated carbocycles. The lowest BCUT2D eigenvalue weighted by atomic mass is 10.1. The summed E-state index contributed by atoms with van der Waals surface area (Å²) >= 11 is 0. The fourth-order valence-electron chi connectivity index (χ4n) is 3.60. The van der Waals surface area contributed by atoms with Crippen LogP contribution in [0.5, 0.6) is 5.75 Å². The number of aryl methyl sites for hydroxylation is 2. The summed E-state index contributed by atoms with van der Waals surface area (Å²) < 4.78 is 31.9. The second kappa shape index (κ2) is 12.1. The molecule has 9 heteroatoms. The lowest BCUT2D eigenvalue weighted by Crippen LogP contribution is -2.52. The first-order chi connectivity index (χ1) is 16.4. The van der Waals surface area contributed by atoms with E-state index in [0.29, 0.717) is 11.4 Å². The zero-order valence-electron chi connectivity index (χ0n) is 21.7. The summed E-state index contributed by atoms with van der Waals surface area (Å²) in [4.78, 5) is 28.0. The largest absolute Gasteiger partial charge is 0.497 e. The molecule has 2 rings (SSSR count). The third-order valence-corrected chi connectivity index (χ3v) is 7.09. The molecule has 35 heavy (non-hydrogen) atoms. The van der Waals surface area contributed by atoms with Crippen LogP contribution in [0.2, 0.25) is 0 Å². The van der Waals surface area contributed by atoms with Crippen molar-refractivity contribution in [3.63, 3.8) is 0 Å². The first-order valence-electron chi connectivity index (χ1n) is 11.6. The predicted octanol–water partition coefficient (Wildman–Crippen LogP) is 3.41. The van der Waals surface area contributed by atoms with Crippen molar-refractivity contribution >= 4 is 27.5 Å². The molecule has 0 heterocycles. The zero-order chi connectivity index (χ0) is 26.3. The predicted molar refractivity (Wildman–Crippen MR) is 139 cm³/mol. The molecule has 0 spiro atoms. The molecular formula is C26H37N3O5S. The Kier molecular flexibility index (Phi) is 9.71. The lowest BCUT2D eigenvalue weighted by molar-refractivity contribution is -0.139. The van der Waals surface area contributed by atoms with E-state index in [2.05, 4.69) is 5.32 Å². The molecule has 0 radical (unpaired) electrons. The smallest absolute Gasteiger partial charge is 0.244 e. The molecule has 0 bridgehead atoms. The minimum absolute atomic E-state index is 0.0545. The zero-order valence-corrected chi connectivity index (χ0v) is 22.5. The Morgan fingerprint density at radius 3 is 2.37 bits per heavy atom. The summed E-state index contributed by atoms with van der Waals surface area (Å²) in [6.07, 6.45) is 1.82. The van der Waals surface area contributed by atoms with E-state index < -0.39 is 28.5 Å². The van der Waals surface area contributed by atoms with E-state index in [0.717, 1.165) is 33.7 Å². The SMILES string of the molecule is CC[C@@H](C)NC(=O)[C@@H](C)N(Cc1cccc(OC)c1)C(=O)CN(c1cc(C)ccc1C)S(C)(=O)=O. The van der Waals surface area contributed by atoms with Crippen molar-refractivity contribution < 1.29 is 22.7 Å². The number of benzene rings is 2. The van der Waals surface area contributed by atoms with Gasteiger partial charge in [-0.15, -0.1) is 0 Å². The van der Waals surface area contributed by atoms with E-state index >= 15 is 0 Å². The van der Waals surface area contributed by atoms with Crippen LogP contribution in [0.15, 0.2) is 42.5 Å². The molecule has 2 aromatic rings. The summed E-state index contributed by atoms with van der Waals surface area (Å²) in [6.45, 7) is 8.87. The van der Waals surface area contributed by atoms with Crippen LogP contribution in [-0.2, 0) is 26.2 Å². The van der Waals surface area contributed by atoms with E-state index in [-0.39, 0.29) is 18.5 Å². The van der Waals surface area contributed by atoms with Crippen LogP contribution >= 0.6 is 0 Å². The van der Waals surface area contributed by atoms with Gasteiger partial charge in [0, 0.05) is 12.6 Å². The maximum Gasteiger partial charge on any atom is 0.244 e. The van der Waals surface area contributed by atoms with E-state index in [4.69, 9.17) is 4.74 Å². The average Bonchev–Trinajstić information content (AvgIpc) is 2.81. The second-order valence-corrected chi connectivity index (χ2v) is 10.8. The number of rotatable bonds is 11. The minimum Gasteiger partial charge on any atom is -0.497 e. The molecule has 0 aromatic heterocycles. The fraction of sp³-hybridized carbons (Fsp3) is 0.462. The molecule has 2 aromatic carbocycles. The first-order valence-corrected chi connectivity index (χ1v) is 13.5. The van der Waals surface area contributed by atoms with Crippen molar-refractivity contribution in [3.05, 3.63) is 59.2 Å². The number of methoxy groups -OCH3 is 1. The fourth-order valence-corrected chi connectivity index (χ4v) is 4.50. The van der Waals surface area contributed by atoms with Gasteiger partial charge in [-0.2, -0.15) is 0 Å². The molecule has 192 valence electrons. The highest BCUT2D eigenvalue weighted by atomic mass is 32.2. The molecule has 0 aliphatic rings. The Morgan fingerprint density at radius 2 is 1.77 bits per heavy atom. The highest BCUT2D eigenvalue weighted by Gasteiger charge is 2.31. The number of sulfonamides is 1. The molecule has 2 atom stereocenters. The molecule has 8 nitrogen and oxygen atoms in total. The number of hydrogen-bond donors (Lipinski definition) is 1. The Morgan fingerprint density at radius 1 is 1.09 bits per heavy atom. The third-order valence-electron chi connectivity index (χ3n) is 5.97. The number of nitrogens with zero attached hydrogens (tertiary/aromatic N) is 2. The molecule has 0 saturated heterocycles. The highest BCUT2D eigenvalue weighted by Crippen LogP contribution is 2.25. The molecule has 2 amide bonds. The van der Waals surface area contributed by atoms with Gasteiger partial charge in [0.2, 0.25) is 21.8 Å². The quantitative estimate of drug-likeness (QED) is 0.507. The summed E-state index contributed by atoms with van der Waals surface area (Å²) in [5.74, 6) is -0.154. The van der Waals surface area contributed by atoms with Crippen LogP contribution in [0.25, 0.3) is 0 Å². The number of amides is 2. The normalized spacial score (nSPS) is 13.0. The van der Waals surface area contributed by atoms with Crippen molar-refractivity contribution in [3.8, 4) is 5.75 Å². The standard InChI is InChI=1S/C26H37N3O5S/c1-8-20(4)27-26(31)21(5)28(16-22-10-9-11-23(15-22)34-6)25(30)17-29(35(7,32)33)24-14-18(2)12-13-19(24)3/h9-15,20-21H,8,16-17H2,1-7H3,(H,27,31)/t20-,21-/m1/s1. The van der Waals surface area contributed by atoms with Crippen molar-refractivity contribution in [2.45, 2.75) is 59.7 Å². The molecule has 0 aliphatic carbocycles. The number of nitrogens with one attached hydrogen (secondary N) is 1. The van der Waals surface area contributed by atoms with Gasteiger partial charge in [0.25, 0.3) is 0 Å². The Hall–Kier alpha value is -3.07. The lowest BCUT2D eigenvalue weighted by Gasteiger charge is -2.32. The second-order valence-electron chi connectivity index (χ2n) is 8.93. The van der Waals surface area contributed by atoms with Gasteiger partial charge in [0.15, 0.2) is 0 Å². The van der Waals surface area contributed by atoms with Crippen molar-refractivity contribution in [1.82, 2.24) is 10.2 Å². The van der Waals surface area contributed by atoms with Gasteiger partial charge in [0.1, 0.15) is 18.3 Å². The van der Waals surface area contributed by atoms with Gasteiger partial charge in [-0.05, 0) is 69.0 Å². The van der Waals surface area contributed by atoms with Gasteiger partial charge in [-0.3, -0.25) is 13.9 Å². The van der Waals surface area contributed by atoms with Gasteiger partial charge < -0.3 is 15.0 Å². The van der Waals surface area contributed by atoms with Crippen LogP contribution in [-0.4, -0.2) is 57.1 Å². The van der Waals surface area contributed by atoms with E-state index in [1.54, 1.807) is 45.2 Å². The minimum atomic E-state index is -3.77. The maximum absolute atomic E-state index is 13.6. The Bertz CT molecular complexity index is 1150. The maximum atomic E-state index is 13.6. The van der Waals surface area contributed by atoms with Crippen molar-refractivity contribution in [1.29, 1.82) is 0 Å².